The van der Waals surface area contributed by atoms with Crippen LogP contribution in [-0.2, 0) is 0 Å². The molecule has 0 bridgehead atoms. The quantitative estimate of drug-likeness (QED) is 0.638. The molecule has 0 unspecified atom stereocenters. The second-order valence-electron chi connectivity index (χ2n) is 3.56. The molecule has 1 amide bonds. The smallest absolute Gasteiger partial charge is 0.407 e. The van der Waals surface area contributed by atoms with Gasteiger partial charge in [-0.05, 0) is 13.3 Å². The lowest BCUT2D eigenvalue weighted by Crippen LogP contribution is -2.49. The Hall–Kier alpha value is -0.840. The minimum atomic E-state index is -1.12. The Morgan fingerprint density at radius 3 is 2.77 bits per heavy atom. The van der Waals surface area contributed by atoms with E-state index in [-0.39, 0.29) is 18.5 Å². The van der Waals surface area contributed by atoms with E-state index in [2.05, 4.69) is 0 Å². The first kappa shape index (κ1) is 10.2. The molecule has 0 radical (unpaired) electrons. The van der Waals surface area contributed by atoms with E-state index in [1.807, 2.05) is 0 Å². The number of rotatable bonds is 1. The number of hydrogen-bond donors (Lipinski definition) is 2. The van der Waals surface area contributed by atoms with Crippen LogP contribution in [0.4, 0.5) is 9.18 Å². The van der Waals surface area contributed by atoms with E-state index in [0.717, 1.165) is 4.90 Å². The van der Waals surface area contributed by atoms with Gasteiger partial charge in [0, 0.05) is 18.5 Å². The molecule has 1 heterocycles. The van der Waals surface area contributed by atoms with Crippen molar-refractivity contribution in [1.82, 2.24) is 4.90 Å². The molecular weight excluding hydrogens is 175 g/mol. The molecule has 1 aliphatic heterocycles. The van der Waals surface area contributed by atoms with Crippen LogP contribution in [0.3, 0.4) is 0 Å². The zero-order valence-electron chi connectivity index (χ0n) is 7.61. The zero-order chi connectivity index (χ0) is 10.0. The Kier molecular flexibility index (Phi) is 3.08. The largest absolute Gasteiger partial charge is 0.465 e. The summed E-state index contributed by atoms with van der Waals surface area (Å²) in [6, 6.07) is -0.203. The number of alkyl halides is 1. The third kappa shape index (κ3) is 2.30. The maximum absolute atomic E-state index is 13.3. The van der Waals surface area contributed by atoms with Crippen molar-refractivity contribution < 1.29 is 14.3 Å². The number of halogens is 1. The third-order valence-electron chi connectivity index (χ3n) is 2.54. The molecule has 0 aromatic heterocycles. The highest BCUT2D eigenvalue weighted by molar-refractivity contribution is 5.65. The summed E-state index contributed by atoms with van der Waals surface area (Å²) in [5, 5.41) is 8.61. The van der Waals surface area contributed by atoms with Crippen LogP contribution in [0, 0.1) is 5.92 Å². The van der Waals surface area contributed by atoms with Crippen LogP contribution in [0.1, 0.15) is 13.3 Å². The van der Waals surface area contributed by atoms with Crippen molar-refractivity contribution in [1.29, 1.82) is 0 Å². The van der Waals surface area contributed by atoms with Crippen LogP contribution in [0.25, 0.3) is 0 Å². The van der Waals surface area contributed by atoms with E-state index in [1.165, 1.54) is 0 Å². The van der Waals surface area contributed by atoms with Crippen molar-refractivity contribution in [3.05, 3.63) is 0 Å². The van der Waals surface area contributed by atoms with Gasteiger partial charge in [0.15, 0.2) is 0 Å². The van der Waals surface area contributed by atoms with Gasteiger partial charge in [0.1, 0.15) is 6.17 Å². The van der Waals surface area contributed by atoms with Crippen molar-refractivity contribution in [2.24, 2.45) is 11.7 Å². The lowest BCUT2D eigenvalue weighted by atomic mass is 9.89. The molecule has 1 fully saturated rings. The number of nitrogens with zero attached hydrogens (tertiary/aromatic N) is 1. The number of nitrogens with two attached hydrogens (primary N) is 1. The minimum Gasteiger partial charge on any atom is -0.465 e. The highest BCUT2D eigenvalue weighted by Crippen LogP contribution is 2.22. The summed E-state index contributed by atoms with van der Waals surface area (Å²) in [5.41, 5.74) is 5.57. The standard InChI is InChI=1S/C8H15FN2O2/c1-5(10)6-2-3-11(8(12)13)4-7(6)9/h5-7H,2-4,10H2,1H3,(H,12,13)/t5-,6+,7+/m0/s1. The average molecular weight is 190 g/mol. The summed E-state index contributed by atoms with van der Waals surface area (Å²) < 4.78 is 13.3. The van der Waals surface area contributed by atoms with Gasteiger partial charge in [0.05, 0.1) is 6.54 Å². The molecule has 1 saturated heterocycles. The van der Waals surface area contributed by atoms with Gasteiger partial charge < -0.3 is 15.7 Å². The Morgan fingerprint density at radius 1 is 1.77 bits per heavy atom. The number of carboxylic acid groups (broad SMARTS) is 1. The van der Waals surface area contributed by atoms with Crippen molar-refractivity contribution in [3.63, 3.8) is 0 Å². The molecule has 3 atom stereocenters. The predicted molar refractivity (Wildman–Crippen MR) is 46.3 cm³/mol. The SMILES string of the molecule is C[C@H](N)[C@H]1CCN(C(=O)O)C[C@H]1F. The van der Waals surface area contributed by atoms with Crippen LogP contribution in [0.2, 0.25) is 0 Å². The van der Waals surface area contributed by atoms with Crippen LogP contribution >= 0.6 is 0 Å². The first-order chi connectivity index (χ1) is 6.02. The number of amides is 1. The number of carbonyl (C=O) groups is 1. The lowest BCUT2D eigenvalue weighted by Gasteiger charge is -2.34. The lowest BCUT2D eigenvalue weighted by molar-refractivity contribution is 0.0685. The van der Waals surface area contributed by atoms with Gasteiger partial charge >= 0.3 is 6.09 Å². The van der Waals surface area contributed by atoms with E-state index in [4.69, 9.17) is 10.8 Å². The number of likely N-dealkylation sites (tertiary alicyclic amines) is 1. The summed E-state index contributed by atoms with van der Waals surface area (Å²) in [6.45, 7) is 2.11. The maximum atomic E-state index is 13.3. The molecule has 0 aromatic carbocycles. The molecule has 1 rings (SSSR count). The van der Waals surface area contributed by atoms with E-state index in [0.29, 0.717) is 13.0 Å². The number of piperidine rings is 1. The van der Waals surface area contributed by atoms with Crippen LogP contribution in [0.5, 0.6) is 0 Å². The van der Waals surface area contributed by atoms with Crippen molar-refractivity contribution in [3.8, 4) is 0 Å². The molecule has 4 nitrogen and oxygen atoms in total. The van der Waals surface area contributed by atoms with E-state index < -0.39 is 12.3 Å². The van der Waals surface area contributed by atoms with Crippen molar-refractivity contribution in [2.75, 3.05) is 13.1 Å². The molecular formula is C8H15FN2O2. The minimum absolute atomic E-state index is 0.0401. The van der Waals surface area contributed by atoms with Gasteiger partial charge in [0.2, 0.25) is 0 Å². The molecule has 0 aromatic rings. The first-order valence-electron chi connectivity index (χ1n) is 4.40. The van der Waals surface area contributed by atoms with Crippen LogP contribution < -0.4 is 5.73 Å². The van der Waals surface area contributed by atoms with Gasteiger partial charge in [-0.3, -0.25) is 0 Å². The summed E-state index contributed by atoms with van der Waals surface area (Å²) in [7, 11) is 0. The highest BCUT2D eigenvalue weighted by atomic mass is 19.1. The van der Waals surface area contributed by atoms with Crippen LogP contribution in [0.15, 0.2) is 0 Å². The zero-order valence-corrected chi connectivity index (χ0v) is 7.61. The molecule has 1 aliphatic rings. The predicted octanol–water partition coefficient (Wildman–Crippen LogP) is 0.672. The third-order valence-corrected chi connectivity index (χ3v) is 2.54. The fraction of sp³-hybridized carbons (Fsp3) is 0.875. The Morgan fingerprint density at radius 2 is 2.38 bits per heavy atom. The Bertz CT molecular complexity index is 199. The monoisotopic (exact) mass is 190 g/mol. The summed E-state index contributed by atoms with van der Waals surface area (Å²) in [5.74, 6) is -0.199. The van der Waals surface area contributed by atoms with E-state index in [1.54, 1.807) is 6.92 Å². The van der Waals surface area contributed by atoms with Gasteiger partial charge in [0.25, 0.3) is 0 Å². The van der Waals surface area contributed by atoms with E-state index >= 15 is 0 Å². The second kappa shape index (κ2) is 3.91. The fourth-order valence-corrected chi connectivity index (χ4v) is 1.69. The van der Waals surface area contributed by atoms with Gasteiger partial charge in [-0.1, -0.05) is 0 Å². The van der Waals surface area contributed by atoms with Crippen LogP contribution in [-0.4, -0.2) is 41.4 Å². The normalized spacial score (nSPS) is 31.5. The second-order valence-corrected chi connectivity index (χ2v) is 3.56. The summed E-state index contributed by atoms with van der Waals surface area (Å²) >= 11 is 0. The van der Waals surface area contributed by atoms with E-state index in [9.17, 15) is 9.18 Å². The molecule has 0 saturated carbocycles. The molecule has 5 heteroatoms. The van der Waals surface area contributed by atoms with Gasteiger partial charge in [-0.25, -0.2) is 9.18 Å². The molecule has 76 valence electrons. The molecule has 0 aliphatic carbocycles. The fourth-order valence-electron chi connectivity index (χ4n) is 1.69. The first-order valence-corrected chi connectivity index (χ1v) is 4.40. The van der Waals surface area contributed by atoms with Crippen molar-refractivity contribution in [2.45, 2.75) is 25.6 Å². The maximum Gasteiger partial charge on any atom is 0.407 e. The summed E-state index contributed by atoms with van der Waals surface area (Å²) in [4.78, 5) is 11.6. The topological polar surface area (TPSA) is 66.6 Å². The Balaban J connectivity index is 2.51. The number of hydrogen-bond acceptors (Lipinski definition) is 2. The van der Waals surface area contributed by atoms with Gasteiger partial charge in [-0.15, -0.1) is 0 Å². The van der Waals surface area contributed by atoms with Gasteiger partial charge in [-0.2, -0.15) is 0 Å². The molecule has 13 heavy (non-hydrogen) atoms. The molecule has 3 N–H and O–H groups in total. The molecule has 0 spiro atoms. The summed E-state index contributed by atoms with van der Waals surface area (Å²) in [6.07, 6.45) is -1.65. The highest BCUT2D eigenvalue weighted by Gasteiger charge is 2.33. The Labute approximate surface area is 76.5 Å². The average Bonchev–Trinajstić information content (AvgIpc) is 2.03. The van der Waals surface area contributed by atoms with Crippen molar-refractivity contribution >= 4 is 6.09 Å².